The number of piperidine rings is 1. The van der Waals surface area contributed by atoms with E-state index in [0.29, 0.717) is 43.2 Å². The number of nitrogens with zero attached hydrogens (tertiary/aromatic N) is 4. The van der Waals surface area contributed by atoms with Gasteiger partial charge in [0.25, 0.3) is 5.91 Å². The van der Waals surface area contributed by atoms with Gasteiger partial charge in [0, 0.05) is 61.7 Å². The van der Waals surface area contributed by atoms with Crippen molar-refractivity contribution in [2.75, 3.05) is 24.5 Å². The molecule has 0 spiro atoms. The number of hydrogen-bond acceptors (Lipinski definition) is 5. The van der Waals surface area contributed by atoms with Crippen molar-refractivity contribution in [2.24, 2.45) is 0 Å². The topological polar surface area (TPSA) is 91.4 Å². The number of carbonyl (C=O) groups excluding carboxylic acids is 2. The molecule has 1 saturated heterocycles. The van der Waals surface area contributed by atoms with Gasteiger partial charge >= 0.3 is 0 Å². The number of ether oxygens (including phenoxy) is 1. The highest BCUT2D eigenvalue weighted by Gasteiger charge is 2.28. The van der Waals surface area contributed by atoms with Gasteiger partial charge in [-0.1, -0.05) is 18.2 Å². The number of aromatic amines is 1. The van der Waals surface area contributed by atoms with Crippen LogP contribution in [0.25, 0.3) is 10.9 Å². The molecule has 1 fully saturated rings. The number of amides is 2. The molecule has 1 aliphatic heterocycles. The van der Waals surface area contributed by atoms with Crippen LogP contribution in [0.5, 0.6) is 5.88 Å². The summed E-state index contributed by atoms with van der Waals surface area (Å²) in [7, 11) is 0. The maximum atomic E-state index is 13.5. The number of rotatable bonds is 6. The van der Waals surface area contributed by atoms with Crippen LogP contribution in [0.3, 0.4) is 0 Å². The van der Waals surface area contributed by atoms with Gasteiger partial charge < -0.3 is 14.6 Å². The minimum Gasteiger partial charge on any atom is -0.474 e. The molecule has 1 aromatic carbocycles. The van der Waals surface area contributed by atoms with Gasteiger partial charge in [0.15, 0.2) is 0 Å². The molecule has 0 saturated carbocycles. The van der Waals surface area contributed by atoms with E-state index in [4.69, 9.17) is 4.74 Å². The Hall–Kier alpha value is -4.20. The first-order valence-corrected chi connectivity index (χ1v) is 11.3. The fourth-order valence-electron chi connectivity index (χ4n) is 4.15. The van der Waals surface area contributed by atoms with Crippen LogP contribution in [0, 0.1) is 0 Å². The zero-order valence-electron chi connectivity index (χ0n) is 18.6. The third-order valence-corrected chi connectivity index (χ3v) is 5.99. The zero-order chi connectivity index (χ0) is 23.3. The molecule has 8 nitrogen and oxygen atoms in total. The van der Waals surface area contributed by atoms with Crippen molar-refractivity contribution in [3.8, 4) is 5.88 Å². The second-order valence-electron chi connectivity index (χ2n) is 8.22. The molecule has 1 N–H and O–H groups in total. The first kappa shape index (κ1) is 21.6. The smallest absolute Gasteiger partial charge is 0.259 e. The lowest BCUT2D eigenvalue weighted by Crippen LogP contribution is -2.47. The van der Waals surface area contributed by atoms with Crippen LogP contribution in [0.1, 0.15) is 23.2 Å². The van der Waals surface area contributed by atoms with Gasteiger partial charge in [-0.15, -0.1) is 0 Å². The van der Waals surface area contributed by atoms with Gasteiger partial charge in [-0.3, -0.25) is 14.5 Å². The first-order chi connectivity index (χ1) is 16.7. The molecule has 0 unspecified atom stereocenters. The number of aromatic nitrogens is 3. The zero-order valence-corrected chi connectivity index (χ0v) is 18.6. The van der Waals surface area contributed by atoms with E-state index in [1.54, 1.807) is 41.6 Å². The first-order valence-electron chi connectivity index (χ1n) is 11.3. The predicted molar refractivity (Wildman–Crippen MR) is 129 cm³/mol. The minimum atomic E-state index is -0.267. The predicted octanol–water partition coefficient (Wildman–Crippen LogP) is 3.67. The Kier molecular flexibility index (Phi) is 6.20. The number of H-pyrrole nitrogens is 1. The summed E-state index contributed by atoms with van der Waals surface area (Å²) >= 11 is 0. The van der Waals surface area contributed by atoms with E-state index in [1.165, 1.54) is 4.90 Å². The standard InChI is InChI=1S/C26H25N5O3/c32-25(30-15-10-21(11-16-30)34-24-6-2-4-13-29-24)18-31(23-5-1-3-12-28-23)26(33)20-8-7-19-9-14-27-22(19)17-20/h1-9,12-14,17,21,27H,10-11,15-16,18H2. The Morgan fingerprint density at radius 3 is 2.53 bits per heavy atom. The van der Waals surface area contributed by atoms with E-state index < -0.39 is 0 Å². The second-order valence-corrected chi connectivity index (χ2v) is 8.22. The molecule has 172 valence electrons. The number of hydrogen-bond donors (Lipinski definition) is 1. The van der Waals surface area contributed by atoms with Crippen molar-refractivity contribution < 1.29 is 14.3 Å². The van der Waals surface area contributed by atoms with Crippen molar-refractivity contribution in [3.05, 3.63) is 84.8 Å². The molecular formula is C26H25N5O3. The van der Waals surface area contributed by atoms with E-state index in [-0.39, 0.29) is 24.5 Å². The maximum absolute atomic E-state index is 13.5. The fraction of sp³-hybridized carbons (Fsp3) is 0.231. The third kappa shape index (κ3) is 4.76. The lowest BCUT2D eigenvalue weighted by molar-refractivity contribution is -0.131. The van der Waals surface area contributed by atoms with Crippen LogP contribution in [0.15, 0.2) is 79.3 Å². The lowest BCUT2D eigenvalue weighted by atomic mass is 10.1. The molecule has 4 heterocycles. The molecule has 0 aliphatic carbocycles. The highest BCUT2D eigenvalue weighted by molar-refractivity contribution is 6.09. The van der Waals surface area contributed by atoms with E-state index >= 15 is 0 Å². The number of carbonyl (C=O) groups is 2. The van der Waals surface area contributed by atoms with Gasteiger partial charge in [-0.25, -0.2) is 9.97 Å². The number of nitrogens with one attached hydrogen (secondary N) is 1. The number of anilines is 1. The Labute approximate surface area is 197 Å². The maximum Gasteiger partial charge on any atom is 0.259 e. The highest BCUT2D eigenvalue weighted by atomic mass is 16.5. The van der Waals surface area contributed by atoms with E-state index in [0.717, 1.165) is 10.9 Å². The van der Waals surface area contributed by atoms with Gasteiger partial charge in [-0.2, -0.15) is 0 Å². The summed E-state index contributed by atoms with van der Waals surface area (Å²) in [5.74, 6) is 0.659. The minimum absolute atomic E-state index is 0.0139. The van der Waals surface area contributed by atoms with Gasteiger partial charge in [0.05, 0.1) is 0 Å². The molecule has 8 heteroatoms. The number of pyridine rings is 2. The molecule has 1 aliphatic rings. The molecule has 34 heavy (non-hydrogen) atoms. The number of benzene rings is 1. The quantitative estimate of drug-likeness (QED) is 0.479. The normalized spacial score (nSPS) is 14.2. The molecule has 0 radical (unpaired) electrons. The fourth-order valence-corrected chi connectivity index (χ4v) is 4.15. The monoisotopic (exact) mass is 455 g/mol. The molecular weight excluding hydrogens is 430 g/mol. The average Bonchev–Trinajstić information content (AvgIpc) is 3.36. The number of likely N-dealkylation sites (tertiary alicyclic amines) is 1. The van der Waals surface area contributed by atoms with Crippen LogP contribution >= 0.6 is 0 Å². The van der Waals surface area contributed by atoms with Crippen molar-refractivity contribution in [1.29, 1.82) is 0 Å². The van der Waals surface area contributed by atoms with E-state index in [9.17, 15) is 9.59 Å². The van der Waals surface area contributed by atoms with Crippen LogP contribution in [-0.4, -0.2) is 57.4 Å². The van der Waals surface area contributed by atoms with Crippen molar-refractivity contribution in [2.45, 2.75) is 18.9 Å². The lowest BCUT2D eigenvalue weighted by Gasteiger charge is -2.33. The van der Waals surface area contributed by atoms with Crippen LogP contribution in [0.2, 0.25) is 0 Å². The molecule has 0 bridgehead atoms. The molecule has 0 atom stereocenters. The summed E-state index contributed by atoms with van der Waals surface area (Å²) in [4.78, 5) is 41.6. The Bertz CT molecular complexity index is 1270. The Morgan fingerprint density at radius 1 is 1.00 bits per heavy atom. The van der Waals surface area contributed by atoms with Crippen LogP contribution in [0.4, 0.5) is 5.82 Å². The third-order valence-electron chi connectivity index (χ3n) is 5.99. The highest BCUT2D eigenvalue weighted by Crippen LogP contribution is 2.21. The summed E-state index contributed by atoms with van der Waals surface area (Å²) < 4.78 is 5.93. The molecule has 5 rings (SSSR count). The van der Waals surface area contributed by atoms with Crippen molar-refractivity contribution in [1.82, 2.24) is 19.9 Å². The van der Waals surface area contributed by atoms with Crippen molar-refractivity contribution in [3.63, 3.8) is 0 Å². The summed E-state index contributed by atoms with van der Waals surface area (Å²) in [5.41, 5.74) is 1.36. The SMILES string of the molecule is O=C(CN(C(=O)c1ccc2cc[nH]c2c1)c1ccccn1)N1CCC(Oc2ccccn2)CC1. The molecule has 4 aromatic rings. The largest absolute Gasteiger partial charge is 0.474 e. The van der Waals surface area contributed by atoms with E-state index in [2.05, 4.69) is 15.0 Å². The average molecular weight is 456 g/mol. The second kappa shape index (κ2) is 9.74. The Morgan fingerprint density at radius 2 is 1.79 bits per heavy atom. The molecule has 2 amide bonds. The summed E-state index contributed by atoms with van der Waals surface area (Å²) in [6, 6.07) is 18.3. The summed E-state index contributed by atoms with van der Waals surface area (Å²) in [6.07, 6.45) is 6.59. The van der Waals surface area contributed by atoms with Gasteiger partial charge in [0.1, 0.15) is 18.5 Å². The summed E-state index contributed by atoms with van der Waals surface area (Å²) in [5, 5.41) is 1.02. The van der Waals surface area contributed by atoms with Crippen LogP contribution < -0.4 is 9.64 Å². The van der Waals surface area contributed by atoms with E-state index in [1.807, 2.05) is 42.6 Å². The van der Waals surface area contributed by atoms with Crippen LogP contribution in [-0.2, 0) is 4.79 Å². The summed E-state index contributed by atoms with van der Waals surface area (Å²) in [6.45, 7) is 1.05. The Balaban J connectivity index is 1.28. The number of fused-ring (bicyclic) bond motifs is 1. The van der Waals surface area contributed by atoms with Crippen molar-refractivity contribution >= 4 is 28.5 Å². The molecule has 3 aromatic heterocycles. The van der Waals surface area contributed by atoms with Gasteiger partial charge in [-0.05, 0) is 41.8 Å². The van der Waals surface area contributed by atoms with Gasteiger partial charge in [0.2, 0.25) is 11.8 Å².